The summed E-state index contributed by atoms with van der Waals surface area (Å²) in [5.74, 6) is -2.35. The highest BCUT2D eigenvalue weighted by Gasteiger charge is 2.21. The number of fused-ring (bicyclic) bond motifs is 1. The molecular formula is C19H13Cl3F4N6O. The van der Waals surface area contributed by atoms with E-state index in [-0.39, 0.29) is 54.3 Å². The Morgan fingerprint density at radius 2 is 1.70 bits per heavy atom. The van der Waals surface area contributed by atoms with Crippen molar-refractivity contribution in [3.05, 3.63) is 66.4 Å². The van der Waals surface area contributed by atoms with Crippen LogP contribution in [0.5, 0.6) is 0 Å². The zero-order valence-corrected chi connectivity index (χ0v) is 18.5. The van der Waals surface area contributed by atoms with E-state index in [9.17, 15) is 17.6 Å². The molecule has 4 heterocycles. The summed E-state index contributed by atoms with van der Waals surface area (Å²) in [5, 5.41) is 10.1. The number of halogens is 7. The molecule has 174 valence electrons. The first kappa shape index (κ1) is 26.1. The molecule has 0 unspecified atom stereocenters. The molecule has 0 saturated heterocycles. The number of aromatic amines is 1. The van der Waals surface area contributed by atoms with Crippen LogP contribution in [-0.2, 0) is 0 Å². The van der Waals surface area contributed by atoms with Crippen molar-refractivity contribution in [2.75, 3.05) is 0 Å². The molecule has 0 aliphatic heterocycles. The molecule has 0 atom stereocenters. The van der Waals surface area contributed by atoms with Gasteiger partial charge in [0, 0.05) is 17.3 Å². The first-order valence-corrected chi connectivity index (χ1v) is 8.60. The second-order valence-electron chi connectivity index (χ2n) is 6.30. The molecule has 7 nitrogen and oxygen atoms in total. The second kappa shape index (κ2) is 10.2. The van der Waals surface area contributed by atoms with Gasteiger partial charge in [-0.25, -0.2) is 13.8 Å². The molecule has 4 aromatic heterocycles. The van der Waals surface area contributed by atoms with Crippen LogP contribution in [-0.4, -0.2) is 29.7 Å². The van der Waals surface area contributed by atoms with Gasteiger partial charge in [-0.05, 0) is 24.3 Å². The van der Waals surface area contributed by atoms with Crippen LogP contribution in [0.4, 0.5) is 17.6 Å². The van der Waals surface area contributed by atoms with Crippen LogP contribution < -0.4 is 0 Å². The summed E-state index contributed by atoms with van der Waals surface area (Å²) in [6, 6.07) is 6.92. The lowest BCUT2D eigenvalue weighted by Gasteiger charge is -2.07. The summed E-state index contributed by atoms with van der Waals surface area (Å²) in [4.78, 5) is 7.87. The minimum absolute atomic E-state index is 0. The minimum atomic E-state index is -2.90. The molecule has 0 bridgehead atoms. The Morgan fingerprint density at radius 1 is 0.970 bits per heavy atom. The van der Waals surface area contributed by atoms with Crippen molar-refractivity contribution in [1.29, 1.82) is 0 Å². The second-order valence-corrected chi connectivity index (χ2v) is 6.30. The van der Waals surface area contributed by atoms with Crippen molar-refractivity contribution in [3.8, 4) is 33.9 Å². The predicted octanol–water partition coefficient (Wildman–Crippen LogP) is 5.92. The fourth-order valence-corrected chi connectivity index (χ4v) is 3.17. The molecule has 0 aliphatic rings. The van der Waals surface area contributed by atoms with Crippen molar-refractivity contribution in [3.63, 3.8) is 0 Å². The zero-order valence-electron chi connectivity index (χ0n) is 16.1. The van der Waals surface area contributed by atoms with Gasteiger partial charge in [-0.3, -0.25) is 9.50 Å². The monoisotopic (exact) mass is 522 g/mol. The molecule has 5 aromatic rings. The number of H-pyrrole nitrogens is 1. The molecule has 1 N–H and O–H groups in total. The van der Waals surface area contributed by atoms with Crippen LogP contribution in [0, 0.1) is 11.6 Å². The smallest absolute Gasteiger partial charge is 0.315 e. The number of nitrogens with one attached hydrogen (secondary N) is 1. The van der Waals surface area contributed by atoms with Crippen molar-refractivity contribution in [1.82, 2.24) is 29.7 Å². The van der Waals surface area contributed by atoms with E-state index >= 15 is 0 Å². The van der Waals surface area contributed by atoms with Gasteiger partial charge in [-0.1, -0.05) is 11.2 Å². The molecule has 0 spiro atoms. The SMILES string of the molecule is Cl.Cl.Cl.Fc1cccc(F)c1-c1[nH]ncc1-c1ccc2ncc(-c3noc(C(F)F)n3)n2c1. The molecule has 0 radical (unpaired) electrons. The van der Waals surface area contributed by atoms with Gasteiger partial charge in [0.15, 0.2) is 0 Å². The Morgan fingerprint density at radius 3 is 2.36 bits per heavy atom. The Balaban J connectivity index is 0.00000128. The Bertz CT molecular complexity index is 1370. The molecule has 0 aliphatic carbocycles. The van der Waals surface area contributed by atoms with Crippen molar-refractivity contribution < 1.29 is 22.1 Å². The van der Waals surface area contributed by atoms with Crippen LogP contribution in [0.15, 0.2) is 53.4 Å². The van der Waals surface area contributed by atoms with Gasteiger partial charge < -0.3 is 4.52 Å². The summed E-state index contributed by atoms with van der Waals surface area (Å²) >= 11 is 0. The molecule has 14 heteroatoms. The number of aromatic nitrogens is 6. The van der Waals surface area contributed by atoms with E-state index in [0.717, 1.165) is 12.1 Å². The van der Waals surface area contributed by atoms with Gasteiger partial charge in [0.25, 0.3) is 5.89 Å². The number of benzene rings is 1. The molecule has 5 rings (SSSR count). The summed E-state index contributed by atoms with van der Waals surface area (Å²) in [6.45, 7) is 0. The van der Waals surface area contributed by atoms with Gasteiger partial charge >= 0.3 is 6.43 Å². The van der Waals surface area contributed by atoms with E-state index in [0.29, 0.717) is 22.5 Å². The molecule has 33 heavy (non-hydrogen) atoms. The lowest BCUT2D eigenvalue weighted by molar-refractivity contribution is 0.106. The van der Waals surface area contributed by atoms with E-state index in [2.05, 4.69) is 29.8 Å². The molecule has 0 saturated carbocycles. The third kappa shape index (κ3) is 4.52. The number of nitrogens with zero attached hydrogens (tertiary/aromatic N) is 5. The maximum Gasteiger partial charge on any atom is 0.315 e. The first-order chi connectivity index (χ1) is 14.5. The molecule has 0 amide bonds. The highest BCUT2D eigenvalue weighted by Crippen LogP contribution is 2.34. The van der Waals surface area contributed by atoms with Gasteiger partial charge in [0.2, 0.25) is 5.82 Å². The van der Waals surface area contributed by atoms with Crippen molar-refractivity contribution >= 4 is 42.9 Å². The fraction of sp³-hybridized carbons (Fsp3) is 0.0526. The molecule has 0 fully saturated rings. The third-order valence-corrected chi connectivity index (χ3v) is 4.53. The number of pyridine rings is 1. The zero-order chi connectivity index (χ0) is 20.8. The van der Waals surface area contributed by atoms with E-state index in [1.807, 2.05) is 0 Å². The topological polar surface area (TPSA) is 84.9 Å². The third-order valence-electron chi connectivity index (χ3n) is 4.53. The highest BCUT2D eigenvalue weighted by molar-refractivity contribution is 5.86. The first-order valence-electron chi connectivity index (χ1n) is 8.60. The Kier molecular flexibility index (Phi) is 8.06. The summed E-state index contributed by atoms with van der Waals surface area (Å²) in [6.07, 6.45) is 1.56. The number of hydrogen-bond acceptors (Lipinski definition) is 5. The van der Waals surface area contributed by atoms with E-state index in [4.69, 9.17) is 0 Å². The van der Waals surface area contributed by atoms with Crippen LogP contribution in [0.2, 0.25) is 0 Å². The lowest BCUT2D eigenvalue weighted by atomic mass is 10.0. The standard InChI is InChI=1S/C19H10F4N6O.3ClH/c20-11-2-1-3-12(21)15(11)16-10(6-25-27-16)9-4-5-14-24-7-13(29(14)8-9)18-26-19(17(22)23)30-28-18;;;/h1-8,17H,(H,25,27);3*1H. The largest absolute Gasteiger partial charge is 0.333 e. The number of alkyl halides is 2. The minimum Gasteiger partial charge on any atom is -0.333 e. The number of imidazole rings is 1. The summed E-state index contributed by atoms with van der Waals surface area (Å²) < 4.78 is 60.2. The normalized spacial score (nSPS) is 10.6. The Labute approximate surface area is 201 Å². The van der Waals surface area contributed by atoms with Crippen molar-refractivity contribution in [2.45, 2.75) is 6.43 Å². The van der Waals surface area contributed by atoms with Gasteiger partial charge in [-0.15, -0.1) is 37.2 Å². The van der Waals surface area contributed by atoms with Gasteiger partial charge in [-0.2, -0.15) is 18.9 Å². The number of hydrogen-bond donors (Lipinski definition) is 1. The van der Waals surface area contributed by atoms with Crippen LogP contribution in [0.25, 0.3) is 39.5 Å². The summed E-state index contributed by atoms with van der Waals surface area (Å²) in [7, 11) is 0. The van der Waals surface area contributed by atoms with Crippen LogP contribution >= 0.6 is 37.2 Å². The quantitative estimate of drug-likeness (QED) is 0.296. The predicted molar refractivity (Wildman–Crippen MR) is 118 cm³/mol. The van der Waals surface area contributed by atoms with Gasteiger partial charge in [0.05, 0.1) is 23.7 Å². The average molecular weight is 524 g/mol. The Hall–Kier alpha value is -3.15. The summed E-state index contributed by atoms with van der Waals surface area (Å²) in [5.41, 5.74) is 1.69. The fourth-order valence-electron chi connectivity index (χ4n) is 3.17. The van der Waals surface area contributed by atoms with E-state index in [1.165, 1.54) is 18.5 Å². The van der Waals surface area contributed by atoms with Crippen molar-refractivity contribution in [2.24, 2.45) is 0 Å². The maximum absolute atomic E-state index is 14.3. The average Bonchev–Trinajstić information content (AvgIpc) is 3.46. The van der Waals surface area contributed by atoms with Crippen LogP contribution in [0.1, 0.15) is 12.3 Å². The van der Waals surface area contributed by atoms with Gasteiger partial charge in [0.1, 0.15) is 23.0 Å². The maximum atomic E-state index is 14.3. The van der Waals surface area contributed by atoms with E-state index in [1.54, 1.807) is 22.7 Å². The lowest BCUT2D eigenvalue weighted by Crippen LogP contribution is -1.94. The van der Waals surface area contributed by atoms with Crippen LogP contribution in [0.3, 0.4) is 0 Å². The number of rotatable bonds is 4. The highest BCUT2D eigenvalue weighted by atomic mass is 35.5. The van der Waals surface area contributed by atoms with E-state index < -0.39 is 24.0 Å². The molecular weight excluding hydrogens is 511 g/mol. The molecule has 1 aromatic carbocycles.